The lowest BCUT2D eigenvalue weighted by Crippen LogP contribution is -2.79. The molecule has 2 bridgehead atoms. The van der Waals surface area contributed by atoms with Gasteiger partial charge in [-0.3, -0.25) is 14.4 Å². The van der Waals surface area contributed by atoms with E-state index in [1.165, 1.54) is 13.8 Å². The lowest BCUT2D eigenvalue weighted by Gasteiger charge is -2.68. The number of ketones is 1. The van der Waals surface area contributed by atoms with E-state index >= 15 is 0 Å². The van der Waals surface area contributed by atoms with Crippen molar-refractivity contribution in [2.24, 2.45) is 34.3 Å². The van der Waals surface area contributed by atoms with Gasteiger partial charge in [-0.15, -0.1) is 0 Å². The van der Waals surface area contributed by atoms with Crippen LogP contribution in [0.15, 0.2) is 11.1 Å². The van der Waals surface area contributed by atoms with Gasteiger partial charge in [0.05, 0.1) is 29.8 Å². The zero-order valence-corrected chi connectivity index (χ0v) is 24.3. The van der Waals surface area contributed by atoms with Gasteiger partial charge in [0, 0.05) is 37.6 Å². The highest BCUT2D eigenvalue weighted by atomic mass is 16.6. The summed E-state index contributed by atoms with van der Waals surface area (Å²) in [5.74, 6) is -3.64. The maximum Gasteiger partial charge on any atom is 0.303 e. The van der Waals surface area contributed by atoms with E-state index in [4.69, 9.17) is 19.9 Å². The maximum absolute atomic E-state index is 14.7. The molecule has 0 aromatic heterocycles. The lowest BCUT2D eigenvalue weighted by molar-refractivity contribution is -0.338. The van der Waals surface area contributed by atoms with Crippen LogP contribution < -0.4 is 5.73 Å². The molecule has 11 unspecified atom stereocenters. The zero-order valence-electron chi connectivity index (χ0n) is 24.3. The summed E-state index contributed by atoms with van der Waals surface area (Å²) < 4.78 is 17.5. The molecule has 11 atom stereocenters. The summed E-state index contributed by atoms with van der Waals surface area (Å²) >= 11 is 0. The number of Topliss-reactive ketones (excluding diaryl/α,β-unsaturated/α-hetero) is 1. The largest absolute Gasteiger partial charge is 0.454 e. The van der Waals surface area contributed by atoms with Gasteiger partial charge in [-0.25, -0.2) is 0 Å². The maximum atomic E-state index is 14.7. The van der Waals surface area contributed by atoms with Crippen molar-refractivity contribution in [3.05, 3.63) is 11.1 Å². The molecule has 3 fully saturated rings. The van der Waals surface area contributed by atoms with Crippen LogP contribution in [0, 0.1) is 28.6 Å². The number of aliphatic hydroxyl groups excluding tert-OH is 2. The van der Waals surface area contributed by atoms with E-state index < -0.39 is 82.0 Å². The fraction of sp³-hybridized carbons (Fsp3) is 0.828. The van der Waals surface area contributed by atoms with E-state index in [9.17, 15) is 29.7 Å². The highest BCUT2D eigenvalue weighted by Gasteiger charge is 2.76. The number of carbonyl (C=O) groups excluding carboxylic acids is 3. The predicted octanol–water partition coefficient (Wildman–Crippen LogP) is 1.42. The Kier molecular flexibility index (Phi) is 7.43. The van der Waals surface area contributed by atoms with E-state index in [1.807, 2.05) is 27.7 Å². The van der Waals surface area contributed by atoms with Crippen LogP contribution in [0.25, 0.3) is 0 Å². The van der Waals surface area contributed by atoms with Crippen molar-refractivity contribution in [2.45, 2.75) is 116 Å². The molecule has 5 N–H and O–H groups in total. The van der Waals surface area contributed by atoms with Crippen molar-refractivity contribution in [1.29, 1.82) is 0 Å². The third-order valence-electron chi connectivity index (χ3n) is 10.7. The number of esters is 2. The Balaban J connectivity index is 2.03. The normalized spacial score (nSPS) is 44.6. The molecule has 0 spiro atoms. The topological polar surface area (TPSA) is 166 Å². The first-order valence-corrected chi connectivity index (χ1v) is 13.9. The van der Waals surface area contributed by atoms with Crippen molar-refractivity contribution in [2.75, 3.05) is 6.61 Å². The summed E-state index contributed by atoms with van der Waals surface area (Å²) in [6, 6.07) is -0.516. The minimum absolute atomic E-state index is 0.0190. The van der Waals surface area contributed by atoms with Gasteiger partial charge in [-0.1, -0.05) is 26.3 Å². The van der Waals surface area contributed by atoms with Crippen LogP contribution in [-0.4, -0.2) is 81.3 Å². The van der Waals surface area contributed by atoms with Crippen LogP contribution in [0.5, 0.6) is 0 Å². The molecule has 2 saturated carbocycles. The second-order valence-corrected chi connectivity index (χ2v) is 13.2. The zero-order chi connectivity index (χ0) is 29.5. The summed E-state index contributed by atoms with van der Waals surface area (Å²) in [4.78, 5) is 39.6. The number of hydrogen-bond donors (Lipinski definition) is 4. The third-order valence-corrected chi connectivity index (χ3v) is 10.7. The second kappa shape index (κ2) is 9.62. The molecule has 39 heavy (non-hydrogen) atoms. The molecule has 3 aliphatic carbocycles. The number of nitrogens with two attached hydrogens (primary N) is 1. The Morgan fingerprint density at radius 3 is 2.31 bits per heavy atom. The SMILES string of the molecule is CC(=O)OC1C(=O)C2(C)C(O)CC3OCC3(OC(C)=O)C2C(C)C2(O)CC(CC(O)C(C)N)C(C)=C1C2(C)C. The Hall–Kier alpha value is -1.85. The van der Waals surface area contributed by atoms with Crippen LogP contribution in [0.2, 0.25) is 0 Å². The monoisotopic (exact) mass is 551 g/mol. The van der Waals surface area contributed by atoms with E-state index in [2.05, 4.69) is 0 Å². The van der Waals surface area contributed by atoms with Crippen LogP contribution in [-0.2, 0) is 28.6 Å². The smallest absolute Gasteiger partial charge is 0.303 e. The van der Waals surface area contributed by atoms with Gasteiger partial charge in [0.2, 0.25) is 0 Å². The molecule has 1 heterocycles. The number of allylic oxidation sites excluding steroid dienone is 1. The fourth-order valence-corrected chi connectivity index (χ4v) is 8.53. The molecule has 0 aromatic carbocycles. The summed E-state index contributed by atoms with van der Waals surface area (Å²) in [7, 11) is 0. The number of ether oxygens (including phenoxy) is 3. The van der Waals surface area contributed by atoms with E-state index in [-0.39, 0.29) is 31.8 Å². The molecule has 1 saturated heterocycles. The standard InChI is InChI=1S/C29H45NO9/c1-13-18(9-19(33)15(3)30)11-29(36)14(2)24-27(8,20(34)10-21-28(24,12-37-21)39-17(5)32)25(35)23(38-16(4)31)22(13)26(29,6)7/h14-15,18-21,23-24,33-34,36H,9-12,30H2,1-8H3. The van der Waals surface area contributed by atoms with Gasteiger partial charge in [0.25, 0.3) is 0 Å². The quantitative estimate of drug-likeness (QED) is 0.290. The first kappa shape index (κ1) is 30.1. The molecular formula is C29H45NO9. The van der Waals surface area contributed by atoms with Crippen LogP contribution in [0.3, 0.4) is 0 Å². The summed E-state index contributed by atoms with van der Waals surface area (Å²) in [5, 5.41) is 35.1. The number of carbonyl (C=O) groups is 3. The van der Waals surface area contributed by atoms with E-state index in [0.29, 0.717) is 5.57 Å². The highest BCUT2D eigenvalue weighted by molar-refractivity contribution is 5.95. The van der Waals surface area contributed by atoms with Crippen molar-refractivity contribution in [1.82, 2.24) is 0 Å². The molecule has 4 aliphatic rings. The lowest BCUT2D eigenvalue weighted by atomic mass is 9.42. The number of aliphatic hydroxyl groups is 3. The van der Waals surface area contributed by atoms with E-state index in [1.54, 1.807) is 13.8 Å². The summed E-state index contributed by atoms with van der Waals surface area (Å²) in [5.41, 5.74) is 1.84. The van der Waals surface area contributed by atoms with Gasteiger partial charge in [-0.2, -0.15) is 0 Å². The Bertz CT molecular complexity index is 1080. The second-order valence-electron chi connectivity index (χ2n) is 13.2. The molecule has 0 radical (unpaired) electrons. The first-order valence-electron chi connectivity index (χ1n) is 13.9. The Morgan fingerprint density at radius 2 is 1.82 bits per heavy atom. The fourth-order valence-electron chi connectivity index (χ4n) is 8.53. The molecule has 4 rings (SSSR count). The van der Waals surface area contributed by atoms with Crippen molar-refractivity contribution >= 4 is 17.7 Å². The highest BCUT2D eigenvalue weighted by Crippen LogP contribution is 2.66. The first-order chi connectivity index (χ1) is 17.9. The average molecular weight is 552 g/mol. The molecule has 10 heteroatoms. The van der Waals surface area contributed by atoms with Crippen LogP contribution >= 0.6 is 0 Å². The molecule has 10 nitrogen and oxygen atoms in total. The Labute approximate surface area is 230 Å². The minimum atomic E-state index is -1.54. The molecule has 220 valence electrons. The predicted molar refractivity (Wildman–Crippen MR) is 140 cm³/mol. The van der Waals surface area contributed by atoms with Crippen molar-refractivity contribution in [3.63, 3.8) is 0 Å². The molecular weight excluding hydrogens is 506 g/mol. The number of fused-ring (bicyclic) bond motifs is 5. The third kappa shape index (κ3) is 4.12. The average Bonchev–Trinajstić information content (AvgIpc) is 2.81. The summed E-state index contributed by atoms with van der Waals surface area (Å²) in [6.45, 7) is 13.2. The molecule has 0 amide bonds. The molecule has 1 aliphatic heterocycles. The van der Waals surface area contributed by atoms with E-state index in [0.717, 1.165) is 5.57 Å². The van der Waals surface area contributed by atoms with Gasteiger partial charge in [0.1, 0.15) is 6.10 Å². The van der Waals surface area contributed by atoms with Gasteiger partial charge in [-0.05, 0) is 51.0 Å². The van der Waals surface area contributed by atoms with Gasteiger partial charge in [0.15, 0.2) is 17.5 Å². The van der Waals surface area contributed by atoms with Crippen LogP contribution in [0.1, 0.15) is 74.7 Å². The molecule has 0 aromatic rings. The van der Waals surface area contributed by atoms with Crippen molar-refractivity contribution in [3.8, 4) is 0 Å². The Morgan fingerprint density at radius 1 is 1.21 bits per heavy atom. The van der Waals surface area contributed by atoms with Crippen LogP contribution in [0.4, 0.5) is 0 Å². The minimum Gasteiger partial charge on any atom is -0.454 e. The number of rotatable bonds is 5. The van der Waals surface area contributed by atoms with Crippen molar-refractivity contribution < 1.29 is 43.9 Å². The summed E-state index contributed by atoms with van der Waals surface area (Å²) in [6.07, 6.45) is -3.59. The number of hydrogen-bond acceptors (Lipinski definition) is 10. The van der Waals surface area contributed by atoms with Gasteiger partial charge < -0.3 is 35.3 Å². The van der Waals surface area contributed by atoms with Gasteiger partial charge >= 0.3 is 11.9 Å².